The minimum absolute atomic E-state index is 0.487. The van der Waals surface area contributed by atoms with E-state index < -0.39 is 5.95 Å². The van der Waals surface area contributed by atoms with E-state index in [2.05, 4.69) is 26.2 Å². The zero-order valence-electron chi connectivity index (χ0n) is 11.2. The van der Waals surface area contributed by atoms with Crippen LogP contribution in [0.3, 0.4) is 0 Å². The van der Waals surface area contributed by atoms with Gasteiger partial charge >= 0.3 is 0 Å². The van der Waals surface area contributed by atoms with Crippen molar-refractivity contribution in [2.75, 3.05) is 18.5 Å². The Morgan fingerprint density at radius 2 is 2.10 bits per heavy atom. The second-order valence-electron chi connectivity index (χ2n) is 4.68. The molecule has 0 saturated carbocycles. The number of hydrogen-bond acceptors (Lipinski definition) is 4. The van der Waals surface area contributed by atoms with E-state index >= 15 is 0 Å². The zero-order chi connectivity index (χ0) is 14.7. The Morgan fingerprint density at radius 3 is 2.90 bits per heavy atom. The molecule has 1 aliphatic rings. The van der Waals surface area contributed by atoms with Gasteiger partial charge in [-0.3, -0.25) is 0 Å². The van der Waals surface area contributed by atoms with Crippen LogP contribution in [0.4, 0.5) is 10.1 Å². The normalized spacial score (nSPS) is 13.6. The molecule has 1 aromatic carbocycles. The summed E-state index contributed by atoms with van der Waals surface area (Å²) in [7, 11) is 0. The number of aromatic nitrogens is 1. The summed E-state index contributed by atoms with van der Waals surface area (Å²) in [5.41, 5.74) is 1.80. The average Bonchev–Trinajstić information content (AvgIpc) is 2.72. The Hall–Kier alpha value is -1.82. The van der Waals surface area contributed by atoms with Gasteiger partial charge in [0.15, 0.2) is 11.5 Å². The van der Waals surface area contributed by atoms with E-state index in [0.29, 0.717) is 19.8 Å². The number of nitrogens with zero attached hydrogens (tertiary/aromatic N) is 1. The van der Waals surface area contributed by atoms with Gasteiger partial charge in [-0.05, 0) is 45.8 Å². The fraction of sp³-hybridized carbons (Fsp3) is 0.267. The van der Waals surface area contributed by atoms with Gasteiger partial charge in [0.05, 0.1) is 29.6 Å². The third-order valence-electron chi connectivity index (χ3n) is 3.09. The molecule has 110 valence electrons. The smallest absolute Gasteiger partial charge is 0.212 e. The maximum atomic E-state index is 12.8. The summed E-state index contributed by atoms with van der Waals surface area (Å²) in [6.07, 6.45) is 2.34. The molecule has 0 fully saturated rings. The van der Waals surface area contributed by atoms with E-state index in [9.17, 15) is 4.39 Å². The van der Waals surface area contributed by atoms with Crippen LogP contribution in [0.2, 0.25) is 0 Å². The molecule has 1 aliphatic heterocycles. The van der Waals surface area contributed by atoms with Crippen molar-refractivity contribution in [3.63, 3.8) is 0 Å². The molecule has 0 bridgehead atoms. The van der Waals surface area contributed by atoms with E-state index in [4.69, 9.17) is 9.47 Å². The molecule has 0 spiro atoms. The quantitative estimate of drug-likeness (QED) is 0.854. The van der Waals surface area contributed by atoms with Gasteiger partial charge in [-0.15, -0.1) is 0 Å². The molecular weight excluding hydrogens is 339 g/mol. The summed E-state index contributed by atoms with van der Waals surface area (Å²) in [5, 5.41) is 3.19. The average molecular weight is 353 g/mol. The molecular formula is C15H14BrFN2O2. The molecule has 1 N–H and O–H groups in total. The lowest BCUT2D eigenvalue weighted by molar-refractivity contribution is 0.296. The molecule has 0 radical (unpaired) electrons. The molecule has 0 amide bonds. The number of anilines is 1. The van der Waals surface area contributed by atoms with Crippen molar-refractivity contribution in [2.45, 2.75) is 13.0 Å². The first-order valence-electron chi connectivity index (χ1n) is 6.66. The summed E-state index contributed by atoms with van der Waals surface area (Å²) in [6, 6.07) is 6.92. The van der Waals surface area contributed by atoms with Crippen LogP contribution in [0.1, 0.15) is 12.0 Å². The number of hydrogen-bond donors (Lipinski definition) is 1. The Morgan fingerprint density at radius 1 is 1.24 bits per heavy atom. The summed E-state index contributed by atoms with van der Waals surface area (Å²) < 4.78 is 25.0. The van der Waals surface area contributed by atoms with Gasteiger partial charge in [-0.1, -0.05) is 0 Å². The molecule has 0 saturated heterocycles. The molecule has 0 unspecified atom stereocenters. The van der Waals surface area contributed by atoms with Gasteiger partial charge in [-0.25, -0.2) is 4.98 Å². The minimum Gasteiger partial charge on any atom is -0.490 e. The number of halogens is 2. The predicted octanol–water partition coefficient (Wildman–Crippen LogP) is 3.76. The van der Waals surface area contributed by atoms with E-state index in [-0.39, 0.29) is 0 Å². The van der Waals surface area contributed by atoms with Gasteiger partial charge in [0.2, 0.25) is 5.95 Å². The lowest BCUT2D eigenvalue weighted by Crippen LogP contribution is -2.01. The van der Waals surface area contributed by atoms with Gasteiger partial charge < -0.3 is 14.8 Å². The Labute approximate surface area is 130 Å². The van der Waals surface area contributed by atoms with Crippen LogP contribution in [-0.4, -0.2) is 18.2 Å². The molecule has 4 nitrogen and oxygen atoms in total. The highest BCUT2D eigenvalue weighted by atomic mass is 79.9. The first-order chi connectivity index (χ1) is 10.2. The Bertz CT molecular complexity index is 634. The summed E-state index contributed by atoms with van der Waals surface area (Å²) in [5.74, 6) is 1.01. The SMILES string of the molecule is Fc1ccc(NCc2cc(Br)c3c(c2)OCCCO3)cn1. The van der Waals surface area contributed by atoms with Crippen LogP contribution in [0.5, 0.6) is 11.5 Å². The monoisotopic (exact) mass is 352 g/mol. The Balaban J connectivity index is 1.75. The van der Waals surface area contributed by atoms with Crippen LogP contribution >= 0.6 is 15.9 Å². The molecule has 1 aromatic heterocycles. The fourth-order valence-corrected chi connectivity index (χ4v) is 2.67. The number of nitrogens with one attached hydrogen (secondary N) is 1. The molecule has 3 rings (SSSR count). The van der Waals surface area contributed by atoms with Crippen molar-refractivity contribution < 1.29 is 13.9 Å². The fourth-order valence-electron chi connectivity index (χ4n) is 2.07. The maximum Gasteiger partial charge on any atom is 0.212 e. The zero-order valence-corrected chi connectivity index (χ0v) is 12.8. The van der Waals surface area contributed by atoms with Crippen molar-refractivity contribution in [1.82, 2.24) is 4.98 Å². The standard InChI is InChI=1S/C15H14BrFN2O2/c16-12-6-10(7-13-15(12)21-5-1-4-20-13)8-18-11-2-3-14(17)19-9-11/h2-3,6-7,9,18H,1,4-5,8H2. The van der Waals surface area contributed by atoms with E-state index in [1.807, 2.05) is 12.1 Å². The van der Waals surface area contributed by atoms with Crippen LogP contribution < -0.4 is 14.8 Å². The highest BCUT2D eigenvalue weighted by molar-refractivity contribution is 9.10. The lowest BCUT2D eigenvalue weighted by Gasteiger charge is -2.12. The van der Waals surface area contributed by atoms with E-state index in [1.54, 1.807) is 6.07 Å². The highest BCUT2D eigenvalue weighted by Gasteiger charge is 2.15. The highest BCUT2D eigenvalue weighted by Crippen LogP contribution is 2.38. The lowest BCUT2D eigenvalue weighted by atomic mass is 10.2. The van der Waals surface area contributed by atoms with Crippen molar-refractivity contribution in [2.24, 2.45) is 0 Å². The van der Waals surface area contributed by atoms with Gasteiger partial charge in [0.1, 0.15) is 0 Å². The van der Waals surface area contributed by atoms with Crippen molar-refractivity contribution >= 4 is 21.6 Å². The summed E-state index contributed by atoms with van der Waals surface area (Å²) in [6.45, 7) is 1.89. The van der Waals surface area contributed by atoms with Crippen LogP contribution in [0.15, 0.2) is 34.9 Å². The second-order valence-corrected chi connectivity index (χ2v) is 5.53. The third kappa shape index (κ3) is 3.44. The number of pyridine rings is 1. The molecule has 2 aromatic rings. The van der Waals surface area contributed by atoms with Crippen molar-refractivity contribution in [3.05, 3.63) is 46.4 Å². The molecule has 6 heteroatoms. The van der Waals surface area contributed by atoms with Gasteiger partial charge in [0, 0.05) is 13.0 Å². The second kappa shape index (κ2) is 6.30. The van der Waals surface area contributed by atoms with Crippen molar-refractivity contribution in [3.8, 4) is 11.5 Å². The Kier molecular flexibility index (Phi) is 4.24. The first kappa shape index (κ1) is 14.1. The summed E-state index contributed by atoms with van der Waals surface area (Å²) in [4.78, 5) is 3.61. The molecule has 21 heavy (non-hydrogen) atoms. The topological polar surface area (TPSA) is 43.4 Å². The first-order valence-corrected chi connectivity index (χ1v) is 7.45. The summed E-state index contributed by atoms with van der Waals surface area (Å²) >= 11 is 3.51. The molecule has 2 heterocycles. The van der Waals surface area contributed by atoms with Crippen molar-refractivity contribution in [1.29, 1.82) is 0 Å². The third-order valence-corrected chi connectivity index (χ3v) is 3.68. The molecule has 0 atom stereocenters. The van der Waals surface area contributed by atoms with Gasteiger partial charge in [0.25, 0.3) is 0 Å². The minimum atomic E-state index is -0.487. The van der Waals surface area contributed by atoms with Crippen LogP contribution in [-0.2, 0) is 6.54 Å². The van der Waals surface area contributed by atoms with Gasteiger partial charge in [-0.2, -0.15) is 4.39 Å². The van der Waals surface area contributed by atoms with E-state index in [0.717, 1.165) is 33.6 Å². The van der Waals surface area contributed by atoms with E-state index in [1.165, 1.54) is 12.3 Å². The molecule has 0 aliphatic carbocycles. The number of ether oxygens (including phenoxy) is 2. The number of fused-ring (bicyclic) bond motifs is 1. The number of rotatable bonds is 3. The maximum absolute atomic E-state index is 12.8. The number of benzene rings is 1. The van der Waals surface area contributed by atoms with Crippen LogP contribution in [0, 0.1) is 5.95 Å². The largest absolute Gasteiger partial charge is 0.490 e. The predicted molar refractivity (Wildman–Crippen MR) is 81.3 cm³/mol. The van der Waals surface area contributed by atoms with Crippen LogP contribution in [0.25, 0.3) is 0 Å².